The van der Waals surface area contributed by atoms with E-state index in [1.807, 2.05) is 18.2 Å². The first-order valence-electron chi connectivity index (χ1n) is 9.52. The number of rotatable bonds is 8. The van der Waals surface area contributed by atoms with Gasteiger partial charge in [-0.2, -0.15) is 5.26 Å². The number of hydrogen-bond acceptors (Lipinski definition) is 6. The maximum atomic E-state index is 12.1. The molecule has 0 radical (unpaired) electrons. The van der Waals surface area contributed by atoms with Gasteiger partial charge in [-0.3, -0.25) is 14.9 Å². The lowest BCUT2D eigenvalue weighted by molar-refractivity contribution is -0.384. The number of carbonyl (C=O) groups excluding carboxylic acids is 1. The molecule has 0 saturated carbocycles. The maximum Gasteiger partial charge on any atom is 0.269 e. The van der Waals surface area contributed by atoms with Crippen molar-refractivity contribution in [3.05, 3.63) is 94.0 Å². The first-order valence-corrected chi connectivity index (χ1v) is 9.52. The third kappa shape index (κ3) is 5.70. The zero-order chi connectivity index (χ0) is 22.9. The van der Waals surface area contributed by atoms with Crippen molar-refractivity contribution in [3.8, 4) is 17.6 Å². The van der Waals surface area contributed by atoms with E-state index in [1.54, 1.807) is 36.4 Å². The van der Waals surface area contributed by atoms with Gasteiger partial charge >= 0.3 is 0 Å². The van der Waals surface area contributed by atoms with Crippen LogP contribution in [0.2, 0.25) is 0 Å². The standard InChI is InChI=1S/C24H19N3O5/c1-31-23-14-17(13-19(15-25)18-8-10-21(11-9-18)27(29)30)7-12-22(23)32-16-24(28)26-20-5-3-2-4-6-20/h2-14H,16H2,1H3,(H,26,28)/b19-13+. The lowest BCUT2D eigenvalue weighted by Gasteiger charge is -2.12. The van der Waals surface area contributed by atoms with Gasteiger partial charge in [0.1, 0.15) is 0 Å². The quantitative estimate of drug-likeness (QED) is 0.241. The van der Waals surface area contributed by atoms with Crippen LogP contribution in [0.15, 0.2) is 72.8 Å². The molecule has 0 atom stereocenters. The van der Waals surface area contributed by atoms with Gasteiger partial charge in [-0.1, -0.05) is 24.3 Å². The normalized spacial score (nSPS) is 10.7. The molecule has 0 aliphatic heterocycles. The predicted molar refractivity (Wildman–Crippen MR) is 120 cm³/mol. The monoisotopic (exact) mass is 429 g/mol. The lowest BCUT2D eigenvalue weighted by atomic mass is 10.0. The molecule has 0 fully saturated rings. The maximum absolute atomic E-state index is 12.1. The number of carbonyl (C=O) groups is 1. The molecule has 32 heavy (non-hydrogen) atoms. The molecule has 160 valence electrons. The molecule has 0 unspecified atom stereocenters. The molecule has 8 nitrogen and oxygen atoms in total. The van der Waals surface area contributed by atoms with Gasteiger partial charge in [0.05, 0.1) is 23.7 Å². The smallest absolute Gasteiger partial charge is 0.269 e. The van der Waals surface area contributed by atoms with Gasteiger partial charge in [-0.05, 0) is 53.6 Å². The van der Waals surface area contributed by atoms with Crippen LogP contribution >= 0.6 is 0 Å². The van der Waals surface area contributed by atoms with Crippen LogP contribution in [-0.2, 0) is 4.79 Å². The molecule has 0 saturated heterocycles. The molecular formula is C24H19N3O5. The molecule has 1 amide bonds. The molecule has 0 bridgehead atoms. The molecule has 3 aromatic rings. The van der Waals surface area contributed by atoms with Crippen LogP contribution in [0.25, 0.3) is 11.6 Å². The number of para-hydroxylation sites is 1. The van der Waals surface area contributed by atoms with E-state index in [2.05, 4.69) is 11.4 Å². The molecule has 1 N–H and O–H groups in total. The number of allylic oxidation sites excluding steroid dienone is 1. The van der Waals surface area contributed by atoms with E-state index in [0.29, 0.717) is 33.9 Å². The number of non-ortho nitro benzene ring substituents is 1. The van der Waals surface area contributed by atoms with Crippen LogP contribution in [0, 0.1) is 21.4 Å². The molecule has 0 spiro atoms. The summed E-state index contributed by atoms with van der Waals surface area (Å²) in [6.45, 7) is -0.202. The van der Waals surface area contributed by atoms with Gasteiger partial charge in [0.15, 0.2) is 18.1 Å². The van der Waals surface area contributed by atoms with Gasteiger partial charge in [-0.25, -0.2) is 0 Å². The van der Waals surface area contributed by atoms with E-state index >= 15 is 0 Å². The van der Waals surface area contributed by atoms with Crippen LogP contribution in [0.5, 0.6) is 11.5 Å². The fourth-order valence-electron chi connectivity index (χ4n) is 2.86. The van der Waals surface area contributed by atoms with E-state index < -0.39 is 4.92 Å². The second-order valence-electron chi connectivity index (χ2n) is 6.59. The Labute approximate surface area is 184 Å². The van der Waals surface area contributed by atoms with Gasteiger partial charge in [-0.15, -0.1) is 0 Å². The SMILES string of the molecule is COc1cc(/C=C(\C#N)c2ccc([N+](=O)[O-])cc2)ccc1OCC(=O)Nc1ccccc1. The second-order valence-corrected chi connectivity index (χ2v) is 6.59. The number of nitro benzene ring substituents is 1. The van der Waals surface area contributed by atoms with Crippen LogP contribution in [0.1, 0.15) is 11.1 Å². The second kappa shape index (κ2) is 10.4. The summed E-state index contributed by atoms with van der Waals surface area (Å²) in [6, 6.07) is 21.9. The van der Waals surface area contributed by atoms with Crippen molar-refractivity contribution < 1.29 is 19.2 Å². The summed E-state index contributed by atoms with van der Waals surface area (Å²) in [5.74, 6) is 0.459. The van der Waals surface area contributed by atoms with Crippen LogP contribution in [0.3, 0.4) is 0 Å². The number of amides is 1. The van der Waals surface area contributed by atoms with E-state index in [-0.39, 0.29) is 18.2 Å². The number of nitrogens with zero attached hydrogens (tertiary/aromatic N) is 2. The van der Waals surface area contributed by atoms with Crippen LogP contribution in [-0.4, -0.2) is 24.5 Å². The highest BCUT2D eigenvalue weighted by Gasteiger charge is 2.11. The number of nitro groups is 1. The van der Waals surface area contributed by atoms with Gasteiger partial charge in [0.25, 0.3) is 11.6 Å². The van der Waals surface area contributed by atoms with Crippen molar-refractivity contribution in [3.63, 3.8) is 0 Å². The summed E-state index contributed by atoms with van der Waals surface area (Å²) in [4.78, 5) is 22.4. The summed E-state index contributed by atoms with van der Waals surface area (Å²) < 4.78 is 10.9. The Morgan fingerprint density at radius 1 is 1.09 bits per heavy atom. The Balaban J connectivity index is 1.73. The summed E-state index contributed by atoms with van der Waals surface area (Å²) in [6.07, 6.45) is 1.63. The summed E-state index contributed by atoms with van der Waals surface area (Å²) in [7, 11) is 1.47. The minimum atomic E-state index is -0.497. The van der Waals surface area contributed by atoms with Crippen LogP contribution in [0.4, 0.5) is 11.4 Å². The topological polar surface area (TPSA) is 114 Å². The van der Waals surface area contributed by atoms with E-state index in [0.717, 1.165) is 0 Å². The van der Waals surface area contributed by atoms with E-state index in [1.165, 1.54) is 31.4 Å². The number of benzene rings is 3. The highest BCUT2D eigenvalue weighted by Crippen LogP contribution is 2.30. The summed E-state index contributed by atoms with van der Waals surface area (Å²) >= 11 is 0. The first kappa shape index (κ1) is 22.1. The van der Waals surface area contributed by atoms with E-state index in [9.17, 15) is 20.2 Å². The molecule has 3 rings (SSSR count). The minimum Gasteiger partial charge on any atom is -0.493 e. The summed E-state index contributed by atoms with van der Waals surface area (Å²) in [5, 5.41) is 23.1. The van der Waals surface area contributed by atoms with E-state index in [4.69, 9.17) is 9.47 Å². The lowest BCUT2D eigenvalue weighted by Crippen LogP contribution is -2.20. The average Bonchev–Trinajstić information content (AvgIpc) is 2.82. The first-order chi connectivity index (χ1) is 15.5. The van der Waals surface area contributed by atoms with Gasteiger partial charge in [0, 0.05) is 17.8 Å². The van der Waals surface area contributed by atoms with Crippen molar-refractivity contribution >= 4 is 28.9 Å². The fourth-order valence-corrected chi connectivity index (χ4v) is 2.86. The molecule has 0 heterocycles. The number of methoxy groups -OCH3 is 1. The summed E-state index contributed by atoms with van der Waals surface area (Å²) in [5.41, 5.74) is 2.17. The average molecular weight is 429 g/mol. The minimum absolute atomic E-state index is 0.0505. The molecule has 3 aromatic carbocycles. The number of nitriles is 1. The number of anilines is 1. The molecular weight excluding hydrogens is 410 g/mol. The predicted octanol–water partition coefficient (Wildman–Crippen LogP) is 4.69. The van der Waals surface area contributed by atoms with Crippen molar-refractivity contribution in [1.82, 2.24) is 0 Å². The molecule has 0 aromatic heterocycles. The Morgan fingerprint density at radius 3 is 2.44 bits per heavy atom. The highest BCUT2D eigenvalue weighted by atomic mass is 16.6. The van der Waals surface area contributed by atoms with Crippen LogP contribution < -0.4 is 14.8 Å². The highest BCUT2D eigenvalue weighted by molar-refractivity contribution is 5.92. The van der Waals surface area contributed by atoms with Crippen molar-refractivity contribution in [1.29, 1.82) is 5.26 Å². The van der Waals surface area contributed by atoms with Crippen molar-refractivity contribution in [2.24, 2.45) is 0 Å². The number of hydrogen-bond donors (Lipinski definition) is 1. The zero-order valence-corrected chi connectivity index (χ0v) is 17.1. The molecule has 0 aliphatic rings. The Kier molecular flexibility index (Phi) is 7.17. The zero-order valence-electron chi connectivity index (χ0n) is 17.1. The Bertz CT molecular complexity index is 1180. The third-order valence-electron chi connectivity index (χ3n) is 4.42. The van der Waals surface area contributed by atoms with Gasteiger partial charge < -0.3 is 14.8 Å². The molecule has 0 aliphatic carbocycles. The number of ether oxygens (including phenoxy) is 2. The largest absolute Gasteiger partial charge is 0.493 e. The fraction of sp³-hybridized carbons (Fsp3) is 0.0833. The molecule has 8 heteroatoms. The van der Waals surface area contributed by atoms with Gasteiger partial charge in [0.2, 0.25) is 0 Å². The Morgan fingerprint density at radius 2 is 1.81 bits per heavy atom. The Hall–Kier alpha value is -4.64. The number of nitrogens with one attached hydrogen (secondary N) is 1. The third-order valence-corrected chi connectivity index (χ3v) is 4.42. The van der Waals surface area contributed by atoms with Crippen molar-refractivity contribution in [2.75, 3.05) is 19.0 Å². The van der Waals surface area contributed by atoms with Crippen molar-refractivity contribution in [2.45, 2.75) is 0 Å².